The number of nitrogens with one attached hydrogen (secondary N) is 1. The normalized spacial score (nSPS) is 11.9. The van der Waals surface area contributed by atoms with Gasteiger partial charge in [0.05, 0.1) is 6.04 Å². The van der Waals surface area contributed by atoms with Crippen molar-refractivity contribution in [1.82, 2.24) is 5.32 Å². The predicted octanol–water partition coefficient (Wildman–Crippen LogP) is 4.06. The van der Waals surface area contributed by atoms with Gasteiger partial charge in [0.15, 0.2) is 0 Å². The highest BCUT2D eigenvalue weighted by molar-refractivity contribution is 6.17. The van der Waals surface area contributed by atoms with Gasteiger partial charge in [0.1, 0.15) is 5.82 Å². The Morgan fingerprint density at radius 2 is 2.00 bits per heavy atom. The van der Waals surface area contributed by atoms with E-state index >= 15 is 0 Å². The summed E-state index contributed by atoms with van der Waals surface area (Å²) in [5.41, 5.74) is 2.16. The largest absolute Gasteiger partial charge is 0.346 e. The van der Waals surface area contributed by atoms with Crippen LogP contribution in [0.3, 0.4) is 0 Å². The fourth-order valence-electron chi connectivity index (χ4n) is 1.93. The Kier molecular flexibility index (Phi) is 4.74. The molecule has 0 unspecified atom stereocenters. The fraction of sp³-hybridized carbons (Fsp3) is 0.188. The number of hydrogen-bond donors (Lipinski definition) is 1. The molecule has 0 aliphatic carbocycles. The summed E-state index contributed by atoms with van der Waals surface area (Å²) in [7, 11) is 0. The molecular weight excluding hydrogens is 277 g/mol. The van der Waals surface area contributed by atoms with Gasteiger partial charge in [-0.1, -0.05) is 24.3 Å². The Morgan fingerprint density at radius 1 is 1.25 bits per heavy atom. The van der Waals surface area contributed by atoms with E-state index in [1.807, 2.05) is 13.0 Å². The molecule has 0 bridgehead atoms. The lowest BCUT2D eigenvalue weighted by Crippen LogP contribution is -2.26. The maximum absolute atomic E-state index is 13.2. The quantitative estimate of drug-likeness (QED) is 0.846. The van der Waals surface area contributed by atoms with Crippen molar-refractivity contribution in [2.45, 2.75) is 18.8 Å². The molecule has 0 heterocycles. The molecule has 0 aromatic heterocycles. The molecule has 20 heavy (non-hydrogen) atoms. The highest BCUT2D eigenvalue weighted by Gasteiger charge is 2.12. The molecule has 1 N–H and O–H groups in total. The third kappa shape index (κ3) is 3.58. The molecule has 4 heteroatoms. The number of carbonyl (C=O) groups excluding carboxylic acids is 1. The molecule has 1 atom stereocenters. The van der Waals surface area contributed by atoms with Crippen molar-refractivity contribution < 1.29 is 9.18 Å². The average molecular weight is 292 g/mol. The molecule has 2 rings (SSSR count). The van der Waals surface area contributed by atoms with Gasteiger partial charge in [0.2, 0.25) is 0 Å². The highest BCUT2D eigenvalue weighted by Crippen LogP contribution is 2.15. The van der Waals surface area contributed by atoms with E-state index in [2.05, 4.69) is 5.32 Å². The van der Waals surface area contributed by atoms with Gasteiger partial charge in [0, 0.05) is 11.4 Å². The van der Waals surface area contributed by atoms with Crippen LogP contribution < -0.4 is 5.32 Å². The van der Waals surface area contributed by atoms with Crippen molar-refractivity contribution in [2.24, 2.45) is 0 Å². The second kappa shape index (κ2) is 6.53. The van der Waals surface area contributed by atoms with Gasteiger partial charge in [-0.2, -0.15) is 0 Å². The summed E-state index contributed by atoms with van der Waals surface area (Å²) >= 11 is 5.75. The van der Waals surface area contributed by atoms with Crippen molar-refractivity contribution in [1.29, 1.82) is 0 Å². The molecule has 0 saturated heterocycles. The summed E-state index contributed by atoms with van der Waals surface area (Å²) in [6, 6.07) is 13.1. The van der Waals surface area contributed by atoms with Gasteiger partial charge in [-0.05, 0) is 42.3 Å². The molecule has 2 nitrogen and oxygen atoms in total. The lowest BCUT2D eigenvalue weighted by Gasteiger charge is -2.14. The first kappa shape index (κ1) is 14.5. The smallest absolute Gasteiger partial charge is 0.251 e. The van der Waals surface area contributed by atoms with Crippen LogP contribution in [0.1, 0.15) is 34.5 Å². The maximum Gasteiger partial charge on any atom is 0.251 e. The van der Waals surface area contributed by atoms with E-state index in [-0.39, 0.29) is 17.8 Å². The van der Waals surface area contributed by atoms with Crippen LogP contribution >= 0.6 is 11.6 Å². The first-order chi connectivity index (χ1) is 9.60. The van der Waals surface area contributed by atoms with Gasteiger partial charge in [0.25, 0.3) is 5.91 Å². The summed E-state index contributed by atoms with van der Waals surface area (Å²) < 4.78 is 13.2. The third-order valence-corrected chi connectivity index (χ3v) is 3.35. The molecular formula is C16H15ClFNO. The summed E-state index contributed by atoms with van der Waals surface area (Å²) in [5.74, 6) is -0.151. The monoisotopic (exact) mass is 291 g/mol. The fourth-order valence-corrected chi connectivity index (χ4v) is 2.10. The first-order valence-corrected chi connectivity index (χ1v) is 6.85. The van der Waals surface area contributed by atoms with E-state index in [0.29, 0.717) is 11.4 Å². The van der Waals surface area contributed by atoms with E-state index in [4.69, 9.17) is 11.6 Å². The Labute approximate surface area is 122 Å². The summed E-state index contributed by atoms with van der Waals surface area (Å²) in [5, 5.41) is 2.84. The number of rotatable bonds is 4. The van der Waals surface area contributed by atoms with Crippen LogP contribution in [0.25, 0.3) is 0 Å². The number of benzene rings is 2. The van der Waals surface area contributed by atoms with Gasteiger partial charge in [-0.3, -0.25) is 4.79 Å². The Morgan fingerprint density at radius 3 is 2.70 bits per heavy atom. The number of alkyl halides is 1. The zero-order valence-corrected chi connectivity index (χ0v) is 11.8. The van der Waals surface area contributed by atoms with Crippen molar-refractivity contribution in [3.63, 3.8) is 0 Å². The summed E-state index contributed by atoms with van der Waals surface area (Å²) in [6.07, 6.45) is 0. The molecule has 2 aromatic rings. The van der Waals surface area contributed by atoms with E-state index in [1.165, 1.54) is 12.1 Å². The molecule has 2 aromatic carbocycles. The molecule has 0 aliphatic rings. The van der Waals surface area contributed by atoms with Crippen LogP contribution in [0.2, 0.25) is 0 Å². The third-order valence-electron chi connectivity index (χ3n) is 3.04. The standard InChI is InChI=1S/C16H15ClFNO/c1-11(13-5-3-7-15(18)9-13)19-16(20)14-6-2-4-12(8-14)10-17/h2-9,11H,10H2,1H3,(H,19,20)/t11-/m0/s1. The molecule has 0 radical (unpaired) electrons. The molecule has 0 fully saturated rings. The van der Waals surface area contributed by atoms with Crippen molar-refractivity contribution >= 4 is 17.5 Å². The lowest BCUT2D eigenvalue weighted by molar-refractivity contribution is 0.0939. The van der Waals surface area contributed by atoms with E-state index < -0.39 is 0 Å². The summed E-state index contributed by atoms with van der Waals surface area (Å²) in [6.45, 7) is 1.82. The van der Waals surface area contributed by atoms with E-state index in [0.717, 1.165) is 11.1 Å². The highest BCUT2D eigenvalue weighted by atomic mass is 35.5. The zero-order chi connectivity index (χ0) is 14.5. The van der Waals surface area contributed by atoms with E-state index in [1.54, 1.807) is 30.3 Å². The summed E-state index contributed by atoms with van der Waals surface area (Å²) in [4.78, 5) is 12.1. The van der Waals surface area contributed by atoms with Crippen LogP contribution in [-0.4, -0.2) is 5.91 Å². The van der Waals surface area contributed by atoms with Gasteiger partial charge >= 0.3 is 0 Å². The van der Waals surface area contributed by atoms with E-state index in [9.17, 15) is 9.18 Å². The predicted molar refractivity (Wildman–Crippen MR) is 78.3 cm³/mol. The molecule has 1 amide bonds. The maximum atomic E-state index is 13.2. The second-order valence-corrected chi connectivity index (χ2v) is 4.85. The Balaban J connectivity index is 2.10. The average Bonchev–Trinajstić information content (AvgIpc) is 2.47. The number of halogens is 2. The Hall–Kier alpha value is -1.87. The van der Waals surface area contributed by atoms with Crippen LogP contribution in [0.15, 0.2) is 48.5 Å². The van der Waals surface area contributed by atoms with Crippen LogP contribution in [0.4, 0.5) is 4.39 Å². The lowest BCUT2D eigenvalue weighted by atomic mass is 10.1. The minimum absolute atomic E-state index is 0.200. The topological polar surface area (TPSA) is 29.1 Å². The van der Waals surface area contributed by atoms with Gasteiger partial charge in [-0.25, -0.2) is 4.39 Å². The van der Waals surface area contributed by atoms with Crippen LogP contribution in [0, 0.1) is 5.82 Å². The van der Waals surface area contributed by atoms with Crippen LogP contribution in [0.5, 0.6) is 0 Å². The first-order valence-electron chi connectivity index (χ1n) is 6.31. The van der Waals surface area contributed by atoms with Crippen molar-refractivity contribution in [3.05, 3.63) is 71.0 Å². The van der Waals surface area contributed by atoms with Gasteiger partial charge in [-0.15, -0.1) is 11.6 Å². The van der Waals surface area contributed by atoms with Gasteiger partial charge < -0.3 is 5.32 Å². The number of carbonyl (C=O) groups is 1. The second-order valence-electron chi connectivity index (χ2n) is 4.58. The molecule has 0 spiro atoms. The van der Waals surface area contributed by atoms with Crippen molar-refractivity contribution in [3.8, 4) is 0 Å². The number of hydrogen-bond acceptors (Lipinski definition) is 1. The molecule has 0 saturated carbocycles. The zero-order valence-electron chi connectivity index (χ0n) is 11.1. The minimum atomic E-state index is -0.312. The SMILES string of the molecule is C[C@H](NC(=O)c1cccc(CCl)c1)c1cccc(F)c1. The van der Waals surface area contributed by atoms with Crippen LogP contribution in [-0.2, 0) is 5.88 Å². The molecule has 0 aliphatic heterocycles. The Bertz CT molecular complexity index is 615. The van der Waals surface area contributed by atoms with Crippen molar-refractivity contribution in [2.75, 3.05) is 0 Å². The molecule has 104 valence electrons. The minimum Gasteiger partial charge on any atom is -0.346 e. The number of amides is 1.